The number of nitrogens with one attached hydrogen (secondary N) is 1. The van der Waals surface area contributed by atoms with E-state index < -0.39 is 4.92 Å². The minimum Gasteiger partial charge on any atom is -0.493 e. The third-order valence-corrected chi connectivity index (χ3v) is 3.46. The Hall–Kier alpha value is -3.29. The lowest BCUT2D eigenvalue weighted by molar-refractivity contribution is -0.384. The number of nitro groups is 1. The first-order valence-electron chi connectivity index (χ1n) is 6.69. The van der Waals surface area contributed by atoms with Gasteiger partial charge in [-0.25, -0.2) is 4.98 Å². The highest BCUT2D eigenvalue weighted by molar-refractivity contribution is 5.84. The molecule has 0 aliphatic heterocycles. The van der Waals surface area contributed by atoms with E-state index in [0.29, 0.717) is 33.9 Å². The van der Waals surface area contributed by atoms with Crippen LogP contribution in [0.3, 0.4) is 0 Å². The van der Waals surface area contributed by atoms with E-state index in [1.165, 1.54) is 26.4 Å². The standard InChI is InChI=1S/C15H14N4O4/c1-22-13-6-9(12(19(20)21)7-14(13)23-2)15-17-10-4-3-8(16)5-11(10)18-15/h3-7H,16H2,1-2H3,(H,17,18). The summed E-state index contributed by atoms with van der Waals surface area (Å²) in [6.07, 6.45) is 0. The van der Waals surface area contributed by atoms with Gasteiger partial charge in [0.1, 0.15) is 5.82 Å². The lowest BCUT2D eigenvalue weighted by Crippen LogP contribution is -1.97. The summed E-state index contributed by atoms with van der Waals surface area (Å²) in [5, 5.41) is 11.4. The molecule has 3 rings (SSSR count). The highest BCUT2D eigenvalue weighted by Crippen LogP contribution is 2.39. The number of aromatic nitrogens is 2. The number of hydrogen-bond donors (Lipinski definition) is 2. The molecule has 1 heterocycles. The summed E-state index contributed by atoms with van der Waals surface area (Å²) >= 11 is 0. The number of ether oxygens (including phenoxy) is 2. The molecule has 8 nitrogen and oxygen atoms in total. The van der Waals surface area contributed by atoms with Gasteiger partial charge in [0.15, 0.2) is 11.5 Å². The van der Waals surface area contributed by atoms with Crippen molar-refractivity contribution in [2.45, 2.75) is 0 Å². The van der Waals surface area contributed by atoms with E-state index in [-0.39, 0.29) is 11.4 Å². The largest absolute Gasteiger partial charge is 0.493 e. The molecule has 0 unspecified atom stereocenters. The number of nitro benzene ring substituents is 1. The van der Waals surface area contributed by atoms with Crippen LogP contribution >= 0.6 is 0 Å². The predicted octanol–water partition coefficient (Wildman–Crippen LogP) is 2.74. The third kappa shape index (κ3) is 2.50. The molecule has 0 bridgehead atoms. The number of nitrogens with zero attached hydrogens (tertiary/aromatic N) is 2. The third-order valence-electron chi connectivity index (χ3n) is 3.46. The van der Waals surface area contributed by atoms with Gasteiger partial charge in [-0.1, -0.05) is 0 Å². The zero-order chi connectivity index (χ0) is 16.6. The van der Waals surface area contributed by atoms with Crippen molar-refractivity contribution in [3.8, 4) is 22.9 Å². The molecule has 8 heteroatoms. The first-order chi connectivity index (χ1) is 11.0. The second-order valence-corrected chi connectivity index (χ2v) is 4.84. The van der Waals surface area contributed by atoms with Crippen LogP contribution in [0.2, 0.25) is 0 Å². The Morgan fingerprint density at radius 3 is 2.52 bits per heavy atom. The van der Waals surface area contributed by atoms with Crippen LogP contribution in [0.1, 0.15) is 0 Å². The van der Waals surface area contributed by atoms with E-state index in [4.69, 9.17) is 15.2 Å². The fraction of sp³-hybridized carbons (Fsp3) is 0.133. The fourth-order valence-electron chi connectivity index (χ4n) is 2.36. The first-order valence-corrected chi connectivity index (χ1v) is 6.69. The highest BCUT2D eigenvalue weighted by atomic mass is 16.6. The summed E-state index contributed by atoms with van der Waals surface area (Å²) in [6, 6.07) is 8.03. The molecule has 0 aliphatic rings. The molecule has 0 radical (unpaired) electrons. The Morgan fingerprint density at radius 1 is 1.17 bits per heavy atom. The van der Waals surface area contributed by atoms with Crippen molar-refractivity contribution >= 4 is 22.4 Å². The van der Waals surface area contributed by atoms with Crippen LogP contribution in [-0.2, 0) is 0 Å². The van der Waals surface area contributed by atoms with Crippen LogP contribution < -0.4 is 15.2 Å². The van der Waals surface area contributed by atoms with Gasteiger partial charge >= 0.3 is 0 Å². The molecule has 3 N–H and O–H groups in total. The Labute approximate surface area is 131 Å². The summed E-state index contributed by atoms with van der Waals surface area (Å²) in [5.41, 5.74) is 7.86. The normalized spacial score (nSPS) is 10.7. The van der Waals surface area contributed by atoms with E-state index in [1.54, 1.807) is 18.2 Å². The number of benzene rings is 2. The van der Waals surface area contributed by atoms with Crippen LogP contribution in [0.4, 0.5) is 11.4 Å². The van der Waals surface area contributed by atoms with E-state index in [9.17, 15) is 10.1 Å². The quantitative estimate of drug-likeness (QED) is 0.434. The number of aromatic amines is 1. The van der Waals surface area contributed by atoms with E-state index in [0.717, 1.165) is 0 Å². The van der Waals surface area contributed by atoms with E-state index in [2.05, 4.69) is 9.97 Å². The summed E-state index contributed by atoms with van der Waals surface area (Å²) in [5.74, 6) is 1.02. The van der Waals surface area contributed by atoms with Crippen molar-refractivity contribution in [3.05, 3.63) is 40.4 Å². The lowest BCUT2D eigenvalue weighted by Gasteiger charge is -2.09. The zero-order valence-electron chi connectivity index (χ0n) is 12.5. The van der Waals surface area contributed by atoms with Gasteiger partial charge < -0.3 is 20.2 Å². The number of imidazole rings is 1. The maximum absolute atomic E-state index is 11.4. The molecule has 0 spiro atoms. The van der Waals surface area contributed by atoms with Crippen molar-refractivity contribution in [3.63, 3.8) is 0 Å². The van der Waals surface area contributed by atoms with Crippen molar-refractivity contribution in [1.29, 1.82) is 0 Å². The average molecular weight is 314 g/mol. The number of fused-ring (bicyclic) bond motifs is 1. The SMILES string of the molecule is COc1cc(-c2nc3ccc(N)cc3[nH]2)c([N+](=O)[O-])cc1OC. The molecule has 3 aromatic rings. The Morgan fingerprint density at radius 2 is 1.87 bits per heavy atom. The minimum atomic E-state index is -0.487. The van der Waals surface area contributed by atoms with Gasteiger partial charge in [-0.3, -0.25) is 10.1 Å². The van der Waals surface area contributed by atoms with Crippen molar-refractivity contribution in [1.82, 2.24) is 9.97 Å². The number of H-pyrrole nitrogens is 1. The minimum absolute atomic E-state index is 0.130. The maximum Gasteiger partial charge on any atom is 0.284 e. The Bertz CT molecular complexity index is 904. The number of rotatable bonds is 4. The molecular formula is C15H14N4O4. The molecule has 1 aromatic heterocycles. The molecule has 0 fully saturated rings. The monoisotopic (exact) mass is 314 g/mol. The molecule has 0 saturated heterocycles. The van der Waals surface area contributed by atoms with E-state index >= 15 is 0 Å². The van der Waals surface area contributed by atoms with Gasteiger partial charge in [0.25, 0.3) is 5.69 Å². The Kier molecular flexibility index (Phi) is 3.49. The van der Waals surface area contributed by atoms with Gasteiger partial charge in [0, 0.05) is 11.8 Å². The van der Waals surface area contributed by atoms with Gasteiger partial charge in [0.2, 0.25) is 0 Å². The molecule has 0 aliphatic carbocycles. The molecule has 0 saturated carbocycles. The molecule has 2 aromatic carbocycles. The van der Waals surface area contributed by atoms with Crippen LogP contribution in [0.5, 0.6) is 11.5 Å². The summed E-state index contributed by atoms with van der Waals surface area (Å²) < 4.78 is 10.3. The van der Waals surface area contributed by atoms with Gasteiger partial charge in [-0.15, -0.1) is 0 Å². The van der Waals surface area contributed by atoms with Crippen LogP contribution in [0.15, 0.2) is 30.3 Å². The van der Waals surface area contributed by atoms with Crippen LogP contribution in [-0.4, -0.2) is 29.1 Å². The number of nitrogens with two attached hydrogens (primary N) is 1. The molecule has 118 valence electrons. The van der Waals surface area contributed by atoms with Gasteiger partial charge in [0.05, 0.1) is 41.8 Å². The predicted molar refractivity (Wildman–Crippen MR) is 85.7 cm³/mol. The van der Waals surface area contributed by atoms with Gasteiger partial charge in [-0.2, -0.15) is 0 Å². The van der Waals surface area contributed by atoms with Gasteiger partial charge in [-0.05, 0) is 18.2 Å². The molecule has 0 amide bonds. The van der Waals surface area contributed by atoms with Crippen molar-refractivity contribution < 1.29 is 14.4 Å². The Balaban J connectivity index is 2.25. The number of hydrogen-bond acceptors (Lipinski definition) is 6. The van der Waals surface area contributed by atoms with Crippen molar-refractivity contribution in [2.24, 2.45) is 0 Å². The number of nitrogen functional groups attached to an aromatic ring is 1. The molecule has 0 atom stereocenters. The van der Waals surface area contributed by atoms with Crippen molar-refractivity contribution in [2.75, 3.05) is 20.0 Å². The maximum atomic E-state index is 11.4. The number of anilines is 1. The smallest absolute Gasteiger partial charge is 0.284 e. The highest BCUT2D eigenvalue weighted by Gasteiger charge is 2.23. The molecular weight excluding hydrogens is 300 g/mol. The summed E-state index contributed by atoms with van der Waals surface area (Å²) in [7, 11) is 2.89. The fourth-order valence-corrected chi connectivity index (χ4v) is 2.36. The average Bonchev–Trinajstić information content (AvgIpc) is 2.96. The second-order valence-electron chi connectivity index (χ2n) is 4.84. The van der Waals surface area contributed by atoms with Crippen LogP contribution in [0, 0.1) is 10.1 Å². The topological polar surface area (TPSA) is 116 Å². The molecule has 23 heavy (non-hydrogen) atoms. The summed E-state index contributed by atoms with van der Waals surface area (Å²) in [6.45, 7) is 0. The van der Waals surface area contributed by atoms with E-state index in [1.807, 2.05) is 0 Å². The lowest BCUT2D eigenvalue weighted by atomic mass is 10.1. The van der Waals surface area contributed by atoms with Crippen LogP contribution in [0.25, 0.3) is 22.4 Å². The second kappa shape index (κ2) is 5.48. The first kappa shape index (κ1) is 14.6. The summed E-state index contributed by atoms with van der Waals surface area (Å²) in [4.78, 5) is 18.3. The zero-order valence-corrected chi connectivity index (χ0v) is 12.5. The number of methoxy groups -OCH3 is 2.